The van der Waals surface area contributed by atoms with E-state index in [2.05, 4.69) is 12.1 Å². The summed E-state index contributed by atoms with van der Waals surface area (Å²) in [6, 6.07) is 8.31. The molecule has 1 heteroatoms. The number of benzene rings is 1. The van der Waals surface area contributed by atoms with Gasteiger partial charge in [-0.15, -0.1) is 0 Å². The maximum Gasteiger partial charge on any atom is 0.134 e. The highest BCUT2D eigenvalue weighted by Crippen LogP contribution is 2.32. The molecule has 0 spiro atoms. The van der Waals surface area contributed by atoms with Crippen LogP contribution in [0.4, 0.5) is 0 Å². The Kier molecular flexibility index (Phi) is 1.12. The summed E-state index contributed by atoms with van der Waals surface area (Å²) >= 11 is 0. The lowest BCUT2D eigenvalue weighted by atomic mass is 10.1. The van der Waals surface area contributed by atoms with E-state index in [9.17, 15) is 0 Å². The maximum absolute atomic E-state index is 5.71. The van der Waals surface area contributed by atoms with Gasteiger partial charge in [-0.1, -0.05) is 18.2 Å². The quantitative estimate of drug-likeness (QED) is 0.574. The van der Waals surface area contributed by atoms with Gasteiger partial charge in [0.15, 0.2) is 0 Å². The molecule has 60 valence electrons. The fourth-order valence-corrected chi connectivity index (χ4v) is 2.05. The molecule has 1 aliphatic carbocycles. The lowest BCUT2D eigenvalue weighted by Crippen LogP contribution is -1.73. The van der Waals surface area contributed by atoms with Crippen molar-refractivity contribution in [3.63, 3.8) is 0 Å². The highest BCUT2D eigenvalue weighted by molar-refractivity contribution is 5.82. The SMILES string of the molecule is c1ccc2c3c(oc2c1)CCC3. The average molecular weight is 158 g/mol. The highest BCUT2D eigenvalue weighted by Gasteiger charge is 2.18. The molecule has 0 N–H and O–H groups in total. The molecule has 2 aromatic rings. The summed E-state index contributed by atoms with van der Waals surface area (Å²) in [6.07, 6.45) is 3.59. The smallest absolute Gasteiger partial charge is 0.134 e. The second-order valence-electron chi connectivity index (χ2n) is 3.35. The van der Waals surface area contributed by atoms with Gasteiger partial charge < -0.3 is 4.42 Å². The number of furan rings is 1. The molecule has 0 bridgehead atoms. The first-order chi connectivity index (χ1) is 5.95. The van der Waals surface area contributed by atoms with Crippen LogP contribution in [0.3, 0.4) is 0 Å². The van der Waals surface area contributed by atoms with Gasteiger partial charge in [-0.25, -0.2) is 0 Å². The molecular formula is C11H10O. The van der Waals surface area contributed by atoms with E-state index in [4.69, 9.17) is 4.42 Å². The number of rotatable bonds is 0. The maximum atomic E-state index is 5.71. The summed E-state index contributed by atoms with van der Waals surface area (Å²) in [5, 5.41) is 1.32. The van der Waals surface area contributed by atoms with E-state index >= 15 is 0 Å². The monoisotopic (exact) mass is 158 g/mol. The van der Waals surface area contributed by atoms with Crippen LogP contribution in [-0.4, -0.2) is 0 Å². The van der Waals surface area contributed by atoms with E-state index in [-0.39, 0.29) is 0 Å². The molecule has 0 radical (unpaired) electrons. The van der Waals surface area contributed by atoms with Crippen molar-refractivity contribution in [2.75, 3.05) is 0 Å². The molecule has 3 rings (SSSR count). The van der Waals surface area contributed by atoms with Gasteiger partial charge in [0.2, 0.25) is 0 Å². The summed E-state index contributed by atoms with van der Waals surface area (Å²) in [7, 11) is 0. The van der Waals surface area contributed by atoms with Crippen molar-refractivity contribution in [3.8, 4) is 0 Å². The van der Waals surface area contributed by atoms with Crippen molar-refractivity contribution in [2.24, 2.45) is 0 Å². The predicted molar refractivity (Wildman–Crippen MR) is 48.2 cm³/mol. The van der Waals surface area contributed by atoms with Crippen molar-refractivity contribution in [1.29, 1.82) is 0 Å². The summed E-state index contributed by atoms with van der Waals surface area (Å²) in [5.74, 6) is 1.22. The molecule has 0 saturated heterocycles. The number of aryl methyl sites for hydroxylation is 2. The first-order valence-electron chi connectivity index (χ1n) is 4.44. The average Bonchev–Trinajstić information content (AvgIpc) is 2.62. The van der Waals surface area contributed by atoms with E-state index in [0.717, 1.165) is 12.0 Å². The second kappa shape index (κ2) is 2.13. The minimum atomic E-state index is 1.06. The zero-order chi connectivity index (χ0) is 7.97. The van der Waals surface area contributed by atoms with Gasteiger partial charge in [0.25, 0.3) is 0 Å². The van der Waals surface area contributed by atoms with Gasteiger partial charge in [-0.3, -0.25) is 0 Å². The zero-order valence-corrected chi connectivity index (χ0v) is 6.84. The van der Waals surface area contributed by atoms with Crippen LogP contribution in [0.1, 0.15) is 17.7 Å². The van der Waals surface area contributed by atoms with Crippen LogP contribution in [0.5, 0.6) is 0 Å². The van der Waals surface area contributed by atoms with Gasteiger partial charge >= 0.3 is 0 Å². The summed E-state index contributed by atoms with van der Waals surface area (Å²) in [4.78, 5) is 0. The van der Waals surface area contributed by atoms with Crippen molar-refractivity contribution in [3.05, 3.63) is 35.6 Å². The molecular weight excluding hydrogens is 148 g/mol. The molecule has 0 amide bonds. The highest BCUT2D eigenvalue weighted by atomic mass is 16.3. The van der Waals surface area contributed by atoms with Gasteiger partial charge in [-0.05, 0) is 18.9 Å². The van der Waals surface area contributed by atoms with E-state index in [1.54, 1.807) is 0 Å². The molecule has 1 aromatic carbocycles. The Balaban J connectivity index is 2.44. The number of hydrogen-bond donors (Lipinski definition) is 0. The lowest BCUT2D eigenvalue weighted by molar-refractivity contribution is 0.557. The number of para-hydroxylation sites is 1. The number of hydrogen-bond acceptors (Lipinski definition) is 1. The second-order valence-corrected chi connectivity index (χ2v) is 3.35. The standard InChI is InChI=1S/C11H10O/c1-2-6-10-8(4-1)9-5-3-7-11(9)12-10/h1-2,4,6H,3,5,7H2. The van der Waals surface area contributed by atoms with Gasteiger partial charge in [0.1, 0.15) is 11.3 Å². The third-order valence-corrected chi connectivity index (χ3v) is 2.61. The molecule has 1 heterocycles. The van der Waals surface area contributed by atoms with Crippen LogP contribution in [0, 0.1) is 0 Å². The van der Waals surface area contributed by atoms with Gasteiger partial charge in [0, 0.05) is 17.4 Å². The van der Waals surface area contributed by atoms with E-state index in [1.165, 1.54) is 29.6 Å². The first-order valence-corrected chi connectivity index (χ1v) is 4.44. The minimum Gasteiger partial charge on any atom is -0.461 e. The van der Waals surface area contributed by atoms with Crippen LogP contribution in [-0.2, 0) is 12.8 Å². The van der Waals surface area contributed by atoms with Crippen molar-refractivity contribution in [2.45, 2.75) is 19.3 Å². The van der Waals surface area contributed by atoms with Crippen LogP contribution in [0.15, 0.2) is 28.7 Å². The Hall–Kier alpha value is -1.24. The third-order valence-electron chi connectivity index (χ3n) is 2.61. The summed E-state index contributed by atoms with van der Waals surface area (Å²) < 4.78 is 5.71. The normalized spacial score (nSPS) is 15.3. The van der Waals surface area contributed by atoms with E-state index in [1.807, 2.05) is 12.1 Å². The molecule has 0 aliphatic heterocycles. The minimum absolute atomic E-state index is 1.06. The predicted octanol–water partition coefficient (Wildman–Crippen LogP) is 2.92. The zero-order valence-electron chi connectivity index (χ0n) is 6.84. The molecule has 1 nitrogen and oxygen atoms in total. The topological polar surface area (TPSA) is 13.1 Å². The van der Waals surface area contributed by atoms with Crippen molar-refractivity contribution < 1.29 is 4.42 Å². The van der Waals surface area contributed by atoms with Gasteiger partial charge in [0.05, 0.1) is 0 Å². The summed E-state index contributed by atoms with van der Waals surface area (Å²) in [6.45, 7) is 0. The lowest BCUT2D eigenvalue weighted by Gasteiger charge is -1.89. The van der Waals surface area contributed by atoms with Crippen LogP contribution < -0.4 is 0 Å². The molecule has 12 heavy (non-hydrogen) atoms. The number of fused-ring (bicyclic) bond motifs is 3. The summed E-state index contributed by atoms with van der Waals surface area (Å²) in [5.41, 5.74) is 2.51. The Morgan fingerprint density at radius 2 is 2.00 bits per heavy atom. The van der Waals surface area contributed by atoms with Crippen LogP contribution >= 0.6 is 0 Å². The molecule has 0 fully saturated rings. The molecule has 0 atom stereocenters. The van der Waals surface area contributed by atoms with Gasteiger partial charge in [-0.2, -0.15) is 0 Å². The Morgan fingerprint density at radius 3 is 3.00 bits per heavy atom. The van der Waals surface area contributed by atoms with Crippen molar-refractivity contribution in [1.82, 2.24) is 0 Å². The fraction of sp³-hybridized carbons (Fsp3) is 0.273. The first kappa shape index (κ1) is 6.30. The molecule has 1 aliphatic rings. The molecule has 1 aromatic heterocycles. The molecule has 0 unspecified atom stereocenters. The van der Waals surface area contributed by atoms with Crippen LogP contribution in [0.25, 0.3) is 11.0 Å². The molecule has 0 saturated carbocycles. The van der Waals surface area contributed by atoms with E-state index < -0.39 is 0 Å². The van der Waals surface area contributed by atoms with Crippen molar-refractivity contribution >= 4 is 11.0 Å². The van der Waals surface area contributed by atoms with E-state index in [0.29, 0.717) is 0 Å². The Labute approximate surface area is 71.0 Å². The fourth-order valence-electron chi connectivity index (χ4n) is 2.05. The largest absolute Gasteiger partial charge is 0.461 e. The Morgan fingerprint density at radius 1 is 1.08 bits per heavy atom. The third kappa shape index (κ3) is 0.685. The van der Waals surface area contributed by atoms with Crippen LogP contribution in [0.2, 0.25) is 0 Å². The Bertz CT molecular complexity index is 425.